The van der Waals surface area contributed by atoms with Gasteiger partial charge in [0.1, 0.15) is 5.75 Å². The molecule has 0 saturated carbocycles. The number of halogens is 4. The van der Waals surface area contributed by atoms with Crippen molar-refractivity contribution in [3.05, 3.63) is 58.6 Å². The highest BCUT2D eigenvalue weighted by atomic mass is 35.5. The highest BCUT2D eigenvalue weighted by Gasteiger charge is 2.30. The molecule has 0 amide bonds. The summed E-state index contributed by atoms with van der Waals surface area (Å²) in [5, 5.41) is 7.82. The Labute approximate surface area is 156 Å². The average molecular weight is 400 g/mol. The number of thioether (sulfide) groups is 1. The molecule has 0 aliphatic rings. The van der Waals surface area contributed by atoms with E-state index in [1.54, 1.807) is 24.3 Å². The van der Waals surface area contributed by atoms with Gasteiger partial charge in [-0.2, -0.15) is 13.2 Å². The van der Waals surface area contributed by atoms with E-state index in [2.05, 4.69) is 15.2 Å². The van der Waals surface area contributed by atoms with Gasteiger partial charge in [0.25, 0.3) is 0 Å². The molecule has 1 N–H and O–H groups in total. The lowest BCUT2D eigenvalue weighted by Gasteiger charge is -2.07. The van der Waals surface area contributed by atoms with Gasteiger partial charge in [-0.05, 0) is 29.8 Å². The first-order valence-corrected chi connectivity index (χ1v) is 8.78. The minimum Gasteiger partial charge on any atom is -0.496 e. The Morgan fingerprint density at radius 3 is 2.73 bits per heavy atom. The SMILES string of the molecule is COc1ccc(Cl)cc1-c1nc(SCc2cccc(C(F)(F)F)c2)n[nH]1. The predicted octanol–water partition coefficient (Wildman–Crippen LogP) is 5.44. The summed E-state index contributed by atoms with van der Waals surface area (Å²) in [6.07, 6.45) is -4.36. The number of nitrogens with zero attached hydrogens (tertiary/aromatic N) is 2. The molecule has 4 nitrogen and oxygen atoms in total. The molecule has 0 unspecified atom stereocenters. The van der Waals surface area contributed by atoms with Crippen LogP contribution in [-0.2, 0) is 11.9 Å². The second-order valence-electron chi connectivity index (χ2n) is 5.30. The molecule has 0 bridgehead atoms. The maximum atomic E-state index is 12.8. The second-order valence-corrected chi connectivity index (χ2v) is 6.68. The number of methoxy groups -OCH3 is 1. The van der Waals surface area contributed by atoms with Gasteiger partial charge < -0.3 is 4.74 Å². The molecule has 0 aliphatic heterocycles. The molecule has 3 rings (SSSR count). The van der Waals surface area contributed by atoms with Gasteiger partial charge in [-0.1, -0.05) is 41.6 Å². The van der Waals surface area contributed by atoms with Crippen molar-refractivity contribution in [3.8, 4) is 17.1 Å². The van der Waals surface area contributed by atoms with Crippen LogP contribution >= 0.6 is 23.4 Å². The van der Waals surface area contributed by atoms with Crippen molar-refractivity contribution in [2.75, 3.05) is 7.11 Å². The molecular weight excluding hydrogens is 387 g/mol. The zero-order chi connectivity index (χ0) is 18.7. The van der Waals surface area contributed by atoms with Crippen LogP contribution in [0.3, 0.4) is 0 Å². The maximum absolute atomic E-state index is 12.8. The standard InChI is InChI=1S/C17H13ClF3N3OS/c1-25-14-6-5-12(18)8-13(14)15-22-16(24-23-15)26-9-10-3-2-4-11(7-10)17(19,20)21/h2-8H,9H2,1H3,(H,22,23,24). The summed E-state index contributed by atoms with van der Waals surface area (Å²) in [7, 11) is 1.53. The van der Waals surface area contributed by atoms with Crippen molar-refractivity contribution in [2.45, 2.75) is 17.1 Å². The normalized spacial score (nSPS) is 11.6. The number of hydrogen-bond donors (Lipinski definition) is 1. The van der Waals surface area contributed by atoms with Crippen LogP contribution in [0, 0.1) is 0 Å². The quantitative estimate of drug-likeness (QED) is 0.580. The van der Waals surface area contributed by atoms with Crippen LogP contribution in [-0.4, -0.2) is 22.3 Å². The molecule has 3 aromatic rings. The molecule has 2 aromatic carbocycles. The zero-order valence-corrected chi connectivity index (χ0v) is 15.0. The molecule has 136 valence electrons. The molecule has 26 heavy (non-hydrogen) atoms. The van der Waals surface area contributed by atoms with Gasteiger partial charge in [0.15, 0.2) is 5.82 Å². The number of hydrogen-bond acceptors (Lipinski definition) is 4. The van der Waals surface area contributed by atoms with E-state index >= 15 is 0 Å². The monoisotopic (exact) mass is 399 g/mol. The third-order valence-electron chi connectivity index (χ3n) is 3.50. The summed E-state index contributed by atoms with van der Waals surface area (Å²) < 4.78 is 43.6. The van der Waals surface area contributed by atoms with E-state index in [0.29, 0.717) is 38.6 Å². The van der Waals surface area contributed by atoms with Crippen LogP contribution < -0.4 is 4.74 Å². The van der Waals surface area contributed by atoms with Crippen LogP contribution in [0.15, 0.2) is 47.6 Å². The Hall–Kier alpha value is -2.19. The molecule has 1 aromatic heterocycles. The third-order valence-corrected chi connectivity index (χ3v) is 4.66. The largest absolute Gasteiger partial charge is 0.496 e. The minimum atomic E-state index is -4.36. The number of ether oxygens (including phenoxy) is 1. The second kappa shape index (κ2) is 7.59. The van der Waals surface area contributed by atoms with Gasteiger partial charge in [0, 0.05) is 10.8 Å². The smallest absolute Gasteiger partial charge is 0.416 e. The summed E-state index contributed by atoms with van der Waals surface area (Å²) in [5.74, 6) is 1.37. The Morgan fingerprint density at radius 2 is 2.00 bits per heavy atom. The van der Waals surface area contributed by atoms with Crippen LogP contribution in [0.25, 0.3) is 11.4 Å². The first-order valence-electron chi connectivity index (χ1n) is 7.42. The zero-order valence-electron chi connectivity index (χ0n) is 13.5. The summed E-state index contributed by atoms with van der Waals surface area (Å²) in [6, 6.07) is 10.3. The van der Waals surface area contributed by atoms with Crippen LogP contribution in [0.1, 0.15) is 11.1 Å². The molecule has 0 radical (unpaired) electrons. The number of alkyl halides is 3. The first kappa shape index (κ1) is 18.6. The highest BCUT2D eigenvalue weighted by molar-refractivity contribution is 7.98. The van der Waals surface area contributed by atoms with Crippen molar-refractivity contribution in [1.82, 2.24) is 15.2 Å². The van der Waals surface area contributed by atoms with Crippen molar-refractivity contribution in [2.24, 2.45) is 0 Å². The van der Waals surface area contributed by atoms with Crippen molar-refractivity contribution in [1.29, 1.82) is 0 Å². The number of rotatable bonds is 5. The van der Waals surface area contributed by atoms with E-state index < -0.39 is 11.7 Å². The first-order chi connectivity index (χ1) is 12.4. The van der Waals surface area contributed by atoms with Crippen molar-refractivity contribution >= 4 is 23.4 Å². The van der Waals surface area contributed by atoms with E-state index in [4.69, 9.17) is 16.3 Å². The Kier molecular flexibility index (Phi) is 5.43. The minimum absolute atomic E-state index is 0.313. The van der Waals surface area contributed by atoms with Crippen LogP contribution in [0.5, 0.6) is 5.75 Å². The van der Waals surface area contributed by atoms with Crippen molar-refractivity contribution in [3.63, 3.8) is 0 Å². The summed E-state index contributed by atoms with van der Waals surface area (Å²) in [4.78, 5) is 4.35. The number of aromatic amines is 1. The van der Waals surface area contributed by atoms with Gasteiger partial charge in [-0.3, -0.25) is 5.10 Å². The maximum Gasteiger partial charge on any atom is 0.416 e. The summed E-state index contributed by atoms with van der Waals surface area (Å²) >= 11 is 7.24. The van der Waals surface area contributed by atoms with Crippen LogP contribution in [0.4, 0.5) is 13.2 Å². The molecule has 0 aliphatic carbocycles. The molecule has 0 saturated heterocycles. The van der Waals surface area contributed by atoms with E-state index in [0.717, 1.165) is 12.1 Å². The topological polar surface area (TPSA) is 50.8 Å². The van der Waals surface area contributed by atoms with E-state index in [1.807, 2.05) is 0 Å². The Bertz CT molecular complexity index is 914. The molecule has 1 heterocycles. The number of benzene rings is 2. The lowest BCUT2D eigenvalue weighted by molar-refractivity contribution is -0.137. The number of aromatic nitrogens is 3. The predicted molar refractivity (Wildman–Crippen MR) is 94.4 cm³/mol. The third kappa shape index (κ3) is 4.31. The molecule has 9 heteroatoms. The number of H-pyrrole nitrogens is 1. The number of nitrogens with one attached hydrogen (secondary N) is 1. The Balaban J connectivity index is 1.75. The highest BCUT2D eigenvalue weighted by Crippen LogP contribution is 2.33. The molecule has 0 spiro atoms. The Morgan fingerprint density at radius 1 is 1.19 bits per heavy atom. The lowest BCUT2D eigenvalue weighted by atomic mass is 10.1. The van der Waals surface area contributed by atoms with E-state index in [1.165, 1.54) is 24.9 Å². The molecular formula is C17H13ClF3N3OS. The fraction of sp³-hybridized carbons (Fsp3) is 0.176. The van der Waals surface area contributed by atoms with Gasteiger partial charge in [0.2, 0.25) is 5.16 Å². The molecule has 0 atom stereocenters. The van der Waals surface area contributed by atoms with Crippen LogP contribution in [0.2, 0.25) is 5.02 Å². The van der Waals surface area contributed by atoms with Gasteiger partial charge in [-0.15, -0.1) is 5.10 Å². The van der Waals surface area contributed by atoms with E-state index in [9.17, 15) is 13.2 Å². The fourth-order valence-corrected chi connectivity index (χ4v) is 3.20. The fourth-order valence-electron chi connectivity index (χ4n) is 2.28. The molecule has 0 fully saturated rings. The summed E-state index contributed by atoms with van der Waals surface area (Å²) in [5.41, 5.74) is 0.518. The summed E-state index contributed by atoms with van der Waals surface area (Å²) in [6.45, 7) is 0. The van der Waals surface area contributed by atoms with Gasteiger partial charge >= 0.3 is 6.18 Å². The van der Waals surface area contributed by atoms with Crippen molar-refractivity contribution < 1.29 is 17.9 Å². The van der Waals surface area contributed by atoms with E-state index in [-0.39, 0.29) is 0 Å². The van der Waals surface area contributed by atoms with Gasteiger partial charge in [0.05, 0.1) is 18.2 Å². The average Bonchev–Trinajstić information content (AvgIpc) is 3.08. The van der Waals surface area contributed by atoms with Gasteiger partial charge in [-0.25, -0.2) is 4.98 Å². The lowest BCUT2D eigenvalue weighted by Crippen LogP contribution is -2.04.